The Morgan fingerprint density at radius 3 is 2.41 bits per heavy atom. The Hall–Kier alpha value is -2.49. The van der Waals surface area contributed by atoms with Gasteiger partial charge in [0.25, 0.3) is 0 Å². The molecule has 116 valence electrons. The number of methoxy groups -OCH3 is 1. The third-order valence-corrected chi connectivity index (χ3v) is 3.31. The van der Waals surface area contributed by atoms with Gasteiger partial charge in [-0.2, -0.15) is 0 Å². The van der Waals surface area contributed by atoms with E-state index in [0.29, 0.717) is 0 Å². The summed E-state index contributed by atoms with van der Waals surface area (Å²) >= 11 is 0. The van der Waals surface area contributed by atoms with Crippen molar-refractivity contribution in [2.24, 2.45) is 5.92 Å². The molecular weight excluding hydrogens is 276 g/mol. The summed E-state index contributed by atoms with van der Waals surface area (Å²) in [6.45, 7) is 4.47. The first-order valence-electron chi connectivity index (χ1n) is 7.36. The molecule has 0 fully saturated rings. The average molecular weight is 298 g/mol. The molecule has 2 N–H and O–H groups in total. The second kappa shape index (κ2) is 7.50. The Bertz CT molecular complexity index is 621. The van der Waals surface area contributed by atoms with Gasteiger partial charge in [-0.25, -0.2) is 0 Å². The summed E-state index contributed by atoms with van der Waals surface area (Å²) in [5.74, 6) is 0.856. The minimum atomic E-state index is -0.0223. The second-order valence-electron chi connectivity index (χ2n) is 5.43. The van der Waals surface area contributed by atoms with E-state index in [9.17, 15) is 4.79 Å². The zero-order valence-electron chi connectivity index (χ0n) is 13.2. The molecule has 0 spiro atoms. The topological polar surface area (TPSA) is 50.4 Å². The summed E-state index contributed by atoms with van der Waals surface area (Å²) in [5.41, 5.74) is 2.97. The van der Waals surface area contributed by atoms with E-state index >= 15 is 0 Å². The quantitative estimate of drug-likeness (QED) is 0.850. The molecule has 0 aliphatic rings. The lowest BCUT2D eigenvalue weighted by atomic mass is 10.2. The average Bonchev–Trinajstić information content (AvgIpc) is 2.54. The first-order valence-corrected chi connectivity index (χ1v) is 7.36. The predicted octanol–water partition coefficient (Wildman–Crippen LogP) is 3.90. The van der Waals surface area contributed by atoms with Crippen LogP contribution in [0.2, 0.25) is 0 Å². The molecule has 0 bridgehead atoms. The van der Waals surface area contributed by atoms with Crippen molar-refractivity contribution in [2.75, 3.05) is 17.7 Å². The van der Waals surface area contributed by atoms with Crippen LogP contribution in [-0.2, 0) is 11.3 Å². The molecule has 0 heterocycles. The number of rotatable bonds is 6. The largest absolute Gasteiger partial charge is 0.497 e. The summed E-state index contributed by atoms with van der Waals surface area (Å²) < 4.78 is 5.21. The van der Waals surface area contributed by atoms with Crippen molar-refractivity contribution >= 4 is 17.3 Å². The Balaban J connectivity index is 1.92. The molecule has 0 aliphatic heterocycles. The van der Waals surface area contributed by atoms with E-state index in [4.69, 9.17) is 4.74 Å². The van der Waals surface area contributed by atoms with E-state index in [1.165, 1.54) is 0 Å². The number of carbonyl (C=O) groups excluding carboxylic acids is 1. The highest BCUT2D eigenvalue weighted by atomic mass is 16.5. The standard InChI is InChI=1S/C18H22N2O2/c1-13(2)18(21)20-16-9-7-15(8-10-16)19-12-14-5-4-6-17(11-14)22-3/h4-11,13,19H,12H2,1-3H3,(H,20,21). The SMILES string of the molecule is COc1cccc(CNc2ccc(NC(=O)C(C)C)cc2)c1. The lowest BCUT2D eigenvalue weighted by Gasteiger charge is -2.10. The molecule has 0 unspecified atom stereocenters. The summed E-state index contributed by atoms with van der Waals surface area (Å²) in [5, 5.41) is 6.22. The highest BCUT2D eigenvalue weighted by molar-refractivity contribution is 5.92. The van der Waals surface area contributed by atoms with Crippen LogP contribution in [0, 0.1) is 5.92 Å². The van der Waals surface area contributed by atoms with E-state index in [1.54, 1.807) is 7.11 Å². The molecule has 1 amide bonds. The molecular formula is C18H22N2O2. The summed E-state index contributed by atoms with van der Waals surface area (Å²) in [6, 6.07) is 15.7. The van der Waals surface area contributed by atoms with E-state index in [-0.39, 0.29) is 11.8 Å². The maximum absolute atomic E-state index is 11.6. The lowest BCUT2D eigenvalue weighted by molar-refractivity contribution is -0.118. The van der Waals surface area contributed by atoms with Gasteiger partial charge in [-0.15, -0.1) is 0 Å². The number of amides is 1. The van der Waals surface area contributed by atoms with Gasteiger partial charge in [0.1, 0.15) is 5.75 Å². The summed E-state index contributed by atoms with van der Waals surface area (Å²) in [6.07, 6.45) is 0. The number of carbonyl (C=O) groups is 1. The van der Waals surface area contributed by atoms with Crippen LogP contribution < -0.4 is 15.4 Å². The molecule has 2 rings (SSSR count). The normalized spacial score (nSPS) is 10.4. The van der Waals surface area contributed by atoms with E-state index in [0.717, 1.165) is 29.2 Å². The molecule has 2 aromatic rings. The van der Waals surface area contributed by atoms with Crippen molar-refractivity contribution in [3.8, 4) is 5.75 Å². The molecule has 0 saturated heterocycles. The van der Waals surface area contributed by atoms with Gasteiger partial charge < -0.3 is 15.4 Å². The molecule has 22 heavy (non-hydrogen) atoms. The smallest absolute Gasteiger partial charge is 0.226 e. The fraction of sp³-hybridized carbons (Fsp3) is 0.278. The molecule has 0 atom stereocenters. The predicted molar refractivity (Wildman–Crippen MR) is 90.2 cm³/mol. The number of nitrogens with one attached hydrogen (secondary N) is 2. The zero-order valence-corrected chi connectivity index (χ0v) is 13.2. The van der Waals surface area contributed by atoms with Crippen molar-refractivity contribution in [2.45, 2.75) is 20.4 Å². The van der Waals surface area contributed by atoms with Crippen LogP contribution in [0.3, 0.4) is 0 Å². The molecule has 0 radical (unpaired) electrons. The highest BCUT2D eigenvalue weighted by Gasteiger charge is 2.06. The second-order valence-corrected chi connectivity index (χ2v) is 5.43. The first kappa shape index (κ1) is 15.9. The number of anilines is 2. The maximum atomic E-state index is 11.6. The van der Waals surface area contributed by atoms with Gasteiger partial charge in [-0.3, -0.25) is 4.79 Å². The third-order valence-electron chi connectivity index (χ3n) is 3.31. The van der Waals surface area contributed by atoms with Gasteiger partial charge in [0.15, 0.2) is 0 Å². The Morgan fingerprint density at radius 2 is 1.77 bits per heavy atom. The molecule has 0 aromatic heterocycles. The van der Waals surface area contributed by atoms with Gasteiger partial charge >= 0.3 is 0 Å². The van der Waals surface area contributed by atoms with Gasteiger partial charge in [-0.1, -0.05) is 26.0 Å². The van der Waals surface area contributed by atoms with E-state index < -0.39 is 0 Å². The van der Waals surface area contributed by atoms with E-state index in [1.807, 2.05) is 62.4 Å². The lowest BCUT2D eigenvalue weighted by Crippen LogP contribution is -2.17. The number of hydrogen-bond donors (Lipinski definition) is 2. The Labute approximate surface area is 131 Å². The van der Waals surface area contributed by atoms with Crippen molar-refractivity contribution < 1.29 is 9.53 Å². The minimum absolute atomic E-state index is 0.0223. The van der Waals surface area contributed by atoms with Crippen molar-refractivity contribution in [3.63, 3.8) is 0 Å². The van der Waals surface area contributed by atoms with Crippen LogP contribution in [-0.4, -0.2) is 13.0 Å². The molecule has 4 nitrogen and oxygen atoms in total. The van der Waals surface area contributed by atoms with Gasteiger partial charge in [-0.05, 0) is 42.0 Å². The van der Waals surface area contributed by atoms with Crippen LogP contribution in [0.4, 0.5) is 11.4 Å². The van der Waals surface area contributed by atoms with Crippen LogP contribution in [0.25, 0.3) is 0 Å². The van der Waals surface area contributed by atoms with Crippen molar-refractivity contribution in [1.29, 1.82) is 0 Å². The van der Waals surface area contributed by atoms with Gasteiger partial charge in [0.05, 0.1) is 7.11 Å². The molecule has 0 aliphatic carbocycles. The Kier molecular flexibility index (Phi) is 5.42. The molecule has 0 saturated carbocycles. The summed E-state index contributed by atoms with van der Waals surface area (Å²) in [4.78, 5) is 11.6. The van der Waals surface area contributed by atoms with Crippen LogP contribution in [0.5, 0.6) is 5.75 Å². The Morgan fingerprint density at radius 1 is 1.09 bits per heavy atom. The first-order chi connectivity index (χ1) is 10.6. The maximum Gasteiger partial charge on any atom is 0.226 e. The number of benzene rings is 2. The van der Waals surface area contributed by atoms with Crippen LogP contribution >= 0.6 is 0 Å². The monoisotopic (exact) mass is 298 g/mol. The molecule has 2 aromatic carbocycles. The number of ether oxygens (including phenoxy) is 1. The molecule has 4 heteroatoms. The van der Waals surface area contributed by atoms with Crippen molar-refractivity contribution in [1.82, 2.24) is 0 Å². The highest BCUT2D eigenvalue weighted by Crippen LogP contribution is 2.17. The van der Waals surface area contributed by atoms with Crippen LogP contribution in [0.1, 0.15) is 19.4 Å². The van der Waals surface area contributed by atoms with Gasteiger partial charge in [0, 0.05) is 23.8 Å². The fourth-order valence-corrected chi connectivity index (χ4v) is 1.94. The van der Waals surface area contributed by atoms with Crippen LogP contribution in [0.15, 0.2) is 48.5 Å². The third kappa shape index (κ3) is 4.52. The van der Waals surface area contributed by atoms with Crippen molar-refractivity contribution in [3.05, 3.63) is 54.1 Å². The van der Waals surface area contributed by atoms with E-state index in [2.05, 4.69) is 10.6 Å². The summed E-state index contributed by atoms with van der Waals surface area (Å²) in [7, 11) is 1.66. The minimum Gasteiger partial charge on any atom is -0.497 e. The number of hydrogen-bond acceptors (Lipinski definition) is 3. The zero-order chi connectivity index (χ0) is 15.9. The fourth-order valence-electron chi connectivity index (χ4n) is 1.94. The van der Waals surface area contributed by atoms with Gasteiger partial charge in [0.2, 0.25) is 5.91 Å².